The number of hydrogen-bond acceptors (Lipinski definition) is 0. The van der Waals surface area contributed by atoms with Crippen molar-refractivity contribution >= 4 is 14.4 Å². The molecule has 3 aliphatic carbocycles. The third-order valence-corrected chi connectivity index (χ3v) is 12.2. The third-order valence-electron chi connectivity index (χ3n) is 10.8. The number of hydrogen-bond donors (Lipinski definition) is 0. The van der Waals surface area contributed by atoms with Crippen LogP contribution in [0, 0.1) is 6.42 Å². The van der Waals surface area contributed by atoms with Gasteiger partial charge in [0.15, 0.2) is 0 Å². The van der Waals surface area contributed by atoms with E-state index in [-0.39, 0.29) is 35.6 Å². The van der Waals surface area contributed by atoms with Crippen molar-refractivity contribution in [3.05, 3.63) is 178 Å². The van der Waals surface area contributed by atoms with Crippen LogP contribution in [0.1, 0.15) is 119 Å². The summed E-state index contributed by atoms with van der Waals surface area (Å²) in [5.74, 6) is 0. The maximum atomic E-state index is 2.51. The molecule has 0 saturated carbocycles. The molecule has 5 aromatic rings. The van der Waals surface area contributed by atoms with Gasteiger partial charge in [-0.2, -0.15) is 29.3 Å². The average Bonchev–Trinajstić information content (AvgIpc) is 3.77. The van der Waals surface area contributed by atoms with Gasteiger partial charge < -0.3 is 24.8 Å². The van der Waals surface area contributed by atoms with Crippen molar-refractivity contribution < 1.29 is 49.0 Å². The van der Waals surface area contributed by atoms with E-state index >= 15 is 0 Å². The minimum atomic E-state index is 0. The van der Waals surface area contributed by atoms with E-state index in [1.54, 1.807) is 0 Å². The molecular formula is C49H52Cl2Zr-2. The average molecular weight is 803 g/mol. The molecule has 0 saturated heterocycles. The molecule has 0 radical (unpaired) electrons. The van der Waals surface area contributed by atoms with Gasteiger partial charge in [0, 0.05) is 0 Å². The van der Waals surface area contributed by atoms with E-state index in [0.717, 1.165) is 12.8 Å². The van der Waals surface area contributed by atoms with Crippen LogP contribution in [0.15, 0.2) is 121 Å². The molecule has 0 bridgehead atoms. The topological polar surface area (TPSA) is 0 Å². The molecule has 0 heterocycles. The molecular weight excluding hydrogens is 751 g/mol. The molecule has 0 nitrogen and oxygen atoms in total. The van der Waals surface area contributed by atoms with Crippen LogP contribution in [0.5, 0.6) is 0 Å². The Morgan fingerprint density at radius 2 is 1.19 bits per heavy atom. The summed E-state index contributed by atoms with van der Waals surface area (Å²) in [5, 5.41) is 0. The third kappa shape index (κ3) is 8.82. The van der Waals surface area contributed by atoms with Crippen molar-refractivity contribution in [1.29, 1.82) is 0 Å². The normalized spacial score (nSPS) is 15.4. The van der Waals surface area contributed by atoms with Crippen LogP contribution in [0.3, 0.4) is 0 Å². The fourth-order valence-electron chi connectivity index (χ4n) is 7.43. The summed E-state index contributed by atoms with van der Waals surface area (Å²) in [4.78, 5) is 0. The molecule has 3 aliphatic rings. The monoisotopic (exact) mass is 800 g/mol. The Balaban J connectivity index is 0.000000203. The summed E-state index contributed by atoms with van der Waals surface area (Å²) < 4.78 is 1.42. The van der Waals surface area contributed by atoms with Crippen molar-refractivity contribution in [2.24, 2.45) is 0 Å². The van der Waals surface area contributed by atoms with E-state index in [9.17, 15) is 0 Å². The molecule has 8 rings (SSSR count). The number of allylic oxidation sites excluding steroid dienone is 4. The second kappa shape index (κ2) is 16.5. The maximum absolute atomic E-state index is 2.51. The standard InChI is InChI=1S/C27H29.C13H10.C9H13.2ClH.Zr/c1-16-7-9-26(3,4)24-12-18-11-19-13-25-21(17(2)8-10-27(25,5)6)15-23(19)22(18)14-20(16)24;1-3-7-12(8-4-1)11-13-9-5-2-6-10-13;1-9(2,3)8-6-4-5-7-8;;;/h7-9,12-15H,10-11H2,1-6H3;1-10H;4-7H,1-3H3;2*1H;/q-1;;-1;;;+2/p-2. The fraction of sp³-hybridized carbons (Fsp3) is 0.286. The first-order valence-corrected chi connectivity index (χ1v) is 19.4. The number of rotatable bonds is 2. The quantitative estimate of drug-likeness (QED) is 0.170. The second-order valence-corrected chi connectivity index (χ2v) is 17.8. The Bertz CT molecular complexity index is 1940. The van der Waals surface area contributed by atoms with E-state index in [2.05, 4.69) is 190 Å². The molecule has 0 unspecified atom stereocenters. The molecule has 0 fully saturated rings. The zero-order valence-corrected chi connectivity index (χ0v) is 36.3. The first kappa shape index (κ1) is 41.7. The van der Waals surface area contributed by atoms with Gasteiger partial charge in [-0.1, -0.05) is 89.1 Å². The minimum absolute atomic E-state index is 0. The van der Waals surface area contributed by atoms with E-state index in [4.69, 9.17) is 0 Å². The van der Waals surface area contributed by atoms with Gasteiger partial charge in [-0.25, -0.2) is 18.6 Å². The molecule has 5 aromatic carbocycles. The van der Waals surface area contributed by atoms with E-state index < -0.39 is 0 Å². The molecule has 0 amide bonds. The molecule has 0 atom stereocenters. The van der Waals surface area contributed by atoms with Gasteiger partial charge in [0.25, 0.3) is 0 Å². The Labute approximate surface area is 341 Å². The van der Waals surface area contributed by atoms with Gasteiger partial charge in [-0.05, 0) is 70.2 Å². The van der Waals surface area contributed by atoms with Crippen molar-refractivity contribution in [2.75, 3.05) is 0 Å². The summed E-state index contributed by atoms with van der Waals surface area (Å²) >= 11 is 1.46. The van der Waals surface area contributed by atoms with Crippen LogP contribution in [0.4, 0.5) is 0 Å². The van der Waals surface area contributed by atoms with E-state index in [1.807, 2.05) is 0 Å². The van der Waals surface area contributed by atoms with Crippen LogP contribution in [0.25, 0.3) is 22.3 Å². The van der Waals surface area contributed by atoms with Crippen LogP contribution < -0.4 is 24.8 Å². The number of halogens is 2. The van der Waals surface area contributed by atoms with E-state index in [1.165, 1.54) is 99.8 Å². The summed E-state index contributed by atoms with van der Waals surface area (Å²) in [5.41, 5.74) is 19.4. The van der Waals surface area contributed by atoms with E-state index in [0.29, 0.717) is 5.41 Å². The van der Waals surface area contributed by atoms with Crippen LogP contribution >= 0.6 is 0 Å². The molecule has 52 heavy (non-hydrogen) atoms. The summed E-state index contributed by atoms with van der Waals surface area (Å²) in [7, 11) is 0. The predicted octanol–water partition coefficient (Wildman–Crippen LogP) is 6.75. The Morgan fingerprint density at radius 3 is 1.67 bits per heavy atom. The molecule has 0 aliphatic heterocycles. The fourth-order valence-corrected chi connectivity index (χ4v) is 8.24. The SMILES string of the molecule is CC(C)(C)c1cc[cH-]c1.CC1=C[CH-]C(C)(C)c2cc3c(cc21)-c1cc2c(cc1C3)C(C)(C)CC=C2C.[Cl-].[Cl-].[Zr+2]=[C](c1ccccc1)c1ccccc1. The Morgan fingerprint density at radius 1 is 0.673 bits per heavy atom. The number of fused-ring (bicyclic) bond motifs is 5. The van der Waals surface area contributed by atoms with Crippen molar-refractivity contribution in [2.45, 2.75) is 91.4 Å². The number of benzene rings is 4. The van der Waals surface area contributed by atoms with Crippen LogP contribution in [-0.2, 0) is 46.9 Å². The van der Waals surface area contributed by atoms with Crippen molar-refractivity contribution in [1.82, 2.24) is 0 Å². The van der Waals surface area contributed by atoms with Gasteiger partial charge in [0.1, 0.15) is 0 Å². The molecule has 0 spiro atoms. The Kier molecular flexibility index (Phi) is 13.2. The predicted molar refractivity (Wildman–Crippen MR) is 214 cm³/mol. The Hall–Kier alpha value is -3.09. The zero-order chi connectivity index (χ0) is 35.8. The summed E-state index contributed by atoms with van der Waals surface area (Å²) in [6.07, 6.45) is 9.28. The van der Waals surface area contributed by atoms with Gasteiger partial charge in [-0.3, -0.25) is 0 Å². The molecule has 268 valence electrons. The first-order valence-electron chi connectivity index (χ1n) is 18.1. The van der Waals surface area contributed by atoms with Gasteiger partial charge >= 0.3 is 99.2 Å². The molecule has 3 heteroatoms. The first-order chi connectivity index (χ1) is 23.7. The van der Waals surface area contributed by atoms with Crippen LogP contribution in [-0.4, -0.2) is 3.21 Å². The summed E-state index contributed by atoms with van der Waals surface area (Å²) in [6.45, 7) is 20.6. The van der Waals surface area contributed by atoms with Crippen molar-refractivity contribution in [3.8, 4) is 11.1 Å². The molecule has 0 N–H and O–H groups in total. The van der Waals surface area contributed by atoms with Gasteiger partial charge in [-0.15, -0.1) is 12.5 Å². The van der Waals surface area contributed by atoms with Gasteiger partial charge in [0.2, 0.25) is 0 Å². The summed E-state index contributed by atoms with van der Waals surface area (Å²) in [6, 6.07) is 39.6. The van der Waals surface area contributed by atoms with Crippen LogP contribution in [0.2, 0.25) is 0 Å². The van der Waals surface area contributed by atoms with Gasteiger partial charge in [0.05, 0.1) is 0 Å². The second-order valence-electron chi connectivity index (χ2n) is 16.5. The zero-order valence-electron chi connectivity index (χ0n) is 32.3. The van der Waals surface area contributed by atoms with Crippen molar-refractivity contribution in [3.63, 3.8) is 0 Å². The molecule has 0 aromatic heterocycles.